The molecule has 3 aromatic carbocycles. The van der Waals surface area contributed by atoms with E-state index in [2.05, 4.69) is 5.10 Å². The van der Waals surface area contributed by atoms with E-state index >= 15 is 0 Å². The first-order chi connectivity index (χ1) is 17.0. The largest absolute Gasteiger partial charge is 0.497 e. The number of nitro benzene ring substituents is 1. The molecular formula is C24H22N4O7. The molecule has 4 aromatic rings. The highest BCUT2D eigenvalue weighted by atomic mass is 16.6. The monoisotopic (exact) mass is 478 g/mol. The summed E-state index contributed by atoms with van der Waals surface area (Å²) in [5.74, 6) is 0.942. The lowest BCUT2D eigenvalue weighted by Gasteiger charge is -2.08. The standard InChI is InChI=1S/C24H22N4O7/c1-33-20-9-10-22-21(14-20)24(25-27(22)15-16-3-2-4-18(13-16)28(31)32)35-12-11-34-19-7-5-17(6-8-19)23(29)26-30/h2-10,13-14,30H,11-12,15H2,1H3,(H,26,29). The molecule has 0 aliphatic rings. The molecule has 11 nitrogen and oxygen atoms in total. The SMILES string of the molecule is COc1ccc2c(c1)c(OCCOc1ccc(C(=O)NO)cc1)nn2Cc1cccc([N+](=O)[O-])c1. The third-order valence-electron chi connectivity index (χ3n) is 5.19. The van der Waals surface area contributed by atoms with Gasteiger partial charge in [0.2, 0.25) is 5.88 Å². The van der Waals surface area contributed by atoms with Crippen molar-refractivity contribution in [3.8, 4) is 17.4 Å². The third kappa shape index (κ3) is 5.47. The lowest BCUT2D eigenvalue weighted by Crippen LogP contribution is -2.18. The minimum absolute atomic E-state index is 0.0132. The molecule has 4 rings (SSSR count). The van der Waals surface area contributed by atoms with E-state index in [0.29, 0.717) is 29.5 Å². The molecule has 0 aliphatic carbocycles. The summed E-state index contributed by atoms with van der Waals surface area (Å²) in [5.41, 5.74) is 3.39. The number of hydrogen-bond acceptors (Lipinski definition) is 8. The maximum atomic E-state index is 11.4. The Hall–Kier alpha value is -4.64. The summed E-state index contributed by atoms with van der Waals surface area (Å²) in [5, 5.41) is 25.1. The van der Waals surface area contributed by atoms with Gasteiger partial charge in [-0.2, -0.15) is 0 Å². The number of nitro groups is 1. The number of nitrogens with one attached hydrogen (secondary N) is 1. The molecule has 2 N–H and O–H groups in total. The Morgan fingerprint density at radius 3 is 2.51 bits per heavy atom. The van der Waals surface area contributed by atoms with Crippen LogP contribution < -0.4 is 19.7 Å². The van der Waals surface area contributed by atoms with E-state index < -0.39 is 10.8 Å². The Kier molecular flexibility index (Phi) is 7.07. The summed E-state index contributed by atoms with van der Waals surface area (Å²) in [6.07, 6.45) is 0. The number of non-ortho nitro benzene ring substituents is 1. The van der Waals surface area contributed by atoms with Crippen LogP contribution in [0.25, 0.3) is 10.9 Å². The smallest absolute Gasteiger partial charge is 0.274 e. The molecule has 11 heteroatoms. The molecule has 180 valence electrons. The Balaban J connectivity index is 1.47. The van der Waals surface area contributed by atoms with Crippen molar-refractivity contribution >= 4 is 22.5 Å². The molecule has 0 fully saturated rings. The van der Waals surface area contributed by atoms with Crippen LogP contribution in [0.1, 0.15) is 15.9 Å². The minimum atomic E-state index is -0.608. The van der Waals surface area contributed by atoms with Gasteiger partial charge in [-0.15, -0.1) is 5.10 Å². The molecule has 0 atom stereocenters. The van der Waals surface area contributed by atoms with Gasteiger partial charge in [0.1, 0.15) is 24.7 Å². The number of amides is 1. The number of hydrogen-bond donors (Lipinski definition) is 2. The number of ether oxygens (including phenoxy) is 3. The van der Waals surface area contributed by atoms with Gasteiger partial charge in [-0.3, -0.25) is 24.8 Å². The van der Waals surface area contributed by atoms with Gasteiger partial charge in [-0.1, -0.05) is 12.1 Å². The van der Waals surface area contributed by atoms with Gasteiger partial charge in [0, 0.05) is 17.7 Å². The van der Waals surface area contributed by atoms with Crippen LogP contribution >= 0.6 is 0 Å². The molecule has 1 heterocycles. The van der Waals surface area contributed by atoms with Crippen molar-refractivity contribution in [3.05, 3.63) is 88.0 Å². The average molecular weight is 478 g/mol. The number of benzene rings is 3. The van der Waals surface area contributed by atoms with Crippen LogP contribution in [0.15, 0.2) is 66.7 Å². The predicted molar refractivity (Wildman–Crippen MR) is 125 cm³/mol. The zero-order valence-electron chi connectivity index (χ0n) is 18.7. The summed E-state index contributed by atoms with van der Waals surface area (Å²) >= 11 is 0. The highest BCUT2D eigenvalue weighted by Crippen LogP contribution is 2.30. The van der Waals surface area contributed by atoms with Gasteiger partial charge < -0.3 is 14.2 Å². The van der Waals surface area contributed by atoms with Gasteiger partial charge >= 0.3 is 0 Å². The fourth-order valence-electron chi connectivity index (χ4n) is 3.49. The van der Waals surface area contributed by atoms with Crippen molar-refractivity contribution in [2.24, 2.45) is 0 Å². The number of methoxy groups -OCH3 is 1. The van der Waals surface area contributed by atoms with Crippen molar-refractivity contribution < 1.29 is 29.1 Å². The lowest BCUT2D eigenvalue weighted by molar-refractivity contribution is -0.384. The number of carbonyl (C=O) groups is 1. The number of aromatic nitrogens is 2. The minimum Gasteiger partial charge on any atom is -0.497 e. The molecule has 0 radical (unpaired) electrons. The van der Waals surface area contributed by atoms with Crippen LogP contribution in [-0.4, -0.2) is 46.1 Å². The van der Waals surface area contributed by atoms with Crippen LogP contribution in [0.5, 0.6) is 17.4 Å². The number of carbonyl (C=O) groups excluding carboxylic acids is 1. The fraction of sp³-hybridized carbons (Fsp3) is 0.167. The van der Waals surface area contributed by atoms with Gasteiger partial charge in [0.25, 0.3) is 11.6 Å². The Bertz CT molecular complexity index is 1350. The fourth-order valence-corrected chi connectivity index (χ4v) is 3.49. The molecule has 0 aliphatic heterocycles. The van der Waals surface area contributed by atoms with Crippen molar-refractivity contribution in [2.45, 2.75) is 6.54 Å². The number of fused-ring (bicyclic) bond motifs is 1. The average Bonchev–Trinajstić information content (AvgIpc) is 3.22. The first-order valence-electron chi connectivity index (χ1n) is 10.6. The van der Waals surface area contributed by atoms with Crippen molar-refractivity contribution in [3.63, 3.8) is 0 Å². The quantitative estimate of drug-likeness (QED) is 0.153. The molecule has 35 heavy (non-hydrogen) atoms. The first-order valence-corrected chi connectivity index (χ1v) is 10.6. The van der Waals surface area contributed by atoms with Crippen LogP contribution in [0, 0.1) is 10.1 Å². The van der Waals surface area contributed by atoms with E-state index in [-0.39, 0.29) is 18.9 Å². The van der Waals surface area contributed by atoms with E-state index in [4.69, 9.17) is 19.4 Å². The van der Waals surface area contributed by atoms with E-state index in [1.165, 1.54) is 24.3 Å². The summed E-state index contributed by atoms with van der Waals surface area (Å²) in [6, 6.07) is 18.1. The molecular weight excluding hydrogens is 456 g/mol. The summed E-state index contributed by atoms with van der Waals surface area (Å²) in [7, 11) is 1.57. The molecule has 0 bridgehead atoms. The first kappa shape index (κ1) is 23.5. The number of nitrogens with zero attached hydrogens (tertiary/aromatic N) is 3. The van der Waals surface area contributed by atoms with E-state index in [1.807, 2.05) is 18.2 Å². The predicted octanol–water partition coefficient (Wildman–Crippen LogP) is 3.58. The zero-order chi connectivity index (χ0) is 24.8. The summed E-state index contributed by atoms with van der Waals surface area (Å²) in [4.78, 5) is 22.1. The Morgan fingerprint density at radius 2 is 1.80 bits per heavy atom. The highest BCUT2D eigenvalue weighted by molar-refractivity contribution is 5.93. The van der Waals surface area contributed by atoms with Crippen molar-refractivity contribution in [1.82, 2.24) is 15.3 Å². The maximum absolute atomic E-state index is 11.4. The molecule has 0 saturated heterocycles. The third-order valence-corrected chi connectivity index (χ3v) is 5.19. The van der Waals surface area contributed by atoms with Crippen molar-refractivity contribution in [2.75, 3.05) is 20.3 Å². The van der Waals surface area contributed by atoms with Crippen LogP contribution in [0.3, 0.4) is 0 Å². The molecule has 0 saturated carbocycles. The maximum Gasteiger partial charge on any atom is 0.274 e. The lowest BCUT2D eigenvalue weighted by atomic mass is 10.2. The number of hydroxylamine groups is 1. The van der Waals surface area contributed by atoms with Crippen LogP contribution in [0.4, 0.5) is 5.69 Å². The number of rotatable bonds is 10. The highest BCUT2D eigenvalue weighted by Gasteiger charge is 2.15. The molecule has 1 amide bonds. The van der Waals surface area contributed by atoms with Gasteiger partial charge in [0.15, 0.2) is 0 Å². The molecule has 1 aromatic heterocycles. The van der Waals surface area contributed by atoms with Gasteiger partial charge in [-0.25, -0.2) is 5.48 Å². The Morgan fingerprint density at radius 1 is 1.06 bits per heavy atom. The van der Waals surface area contributed by atoms with Crippen LogP contribution in [-0.2, 0) is 6.54 Å². The topological polar surface area (TPSA) is 138 Å². The zero-order valence-corrected chi connectivity index (χ0v) is 18.7. The van der Waals surface area contributed by atoms with Gasteiger partial charge in [0.05, 0.1) is 29.5 Å². The van der Waals surface area contributed by atoms with E-state index in [1.54, 1.807) is 41.5 Å². The molecule has 0 unspecified atom stereocenters. The Labute approximate surface area is 199 Å². The summed E-state index contributed by atoms with van der Waals surface area (Å²) in [6.45, 7) is 0.728. The van der Waals surface area contributed by atoms with E-state index in [0.717, 1.165) is 16.5 Å². The normalized spacial score (nSPS) is 10.7. The van der Waals surface area contributed by atoms with Crippen LogP contribution in [0.2, 0.25) is 0 Å². The molecule has 0 spiro atoms. The summed E-state index contributed by atoms with van der Waals surface area (Å²) < 4.78 is 18.6. The van der Waals surface area contributed by atoms with E-state index in [9.17, 15) is 14.9 Å². The van der Waals surface area contributed by atoms with Crippen molar-refractivity contribution in [1.29, 1.82) is 0 Å². The van der Waals surface area contributed by atoms with Gasteiger partial charge in [-0.05, 0) is 48.0 Å². The second kappa shape index (κ2) is 10.5. The second-order valence-corrected chi connectivity index (χ2v) is 7.44. The second-order valence-electron chi connectivity index (χ2n) is 7.44.